The third-order valence-corrected chi connectivity index (χ3v) is 2.36. The number of hydrogen-bond acceptors (Lipinski definition) is 4. The number of nitrogens with two attached hydrogens (primary N) is 1. The van der Waals surface area contributed by atoms with E-state index in [0.29, 0.717) is 12.6 Å². The predicted molar refractivity (Wildman–Crippen MR) is 60.1 cm³/mol. The van der Waals surface area contributed by atoms with Crippen LogP contribution < -0.4 is 5.73 Å². The molecular weight excluding hydrogens is 229 g/mol. The number of benzene rings is 1. The number of amides is 1. The van der Waals surface area contributed by atoms with Gasteiger partial charge >= 0.3 is 0 Å². The van der Waals surface area contributed by atoms with E-state index >= 15 is 0 Å². The Labute approximate surface area is 97.0 Å². The largest absolute Gasteiger partial charge is 0.396 e. The minimum Gasteiger partial charge on any atom is -0.396 e. The van der Waals surface area contributed by atoms with Crippen molar-refractivity contribution < 1.29 is 14.1 Å². The fourth-order valence-corrected chi connectivity index (χ4v) is 1.25. The molecule has 92 valence electrons. The van der Waals surface area contributed by atoms with Crippen LogP contribution >= 0.6 is 0 Å². The highest BCUT2D eigenvalue weighted by Crippen LogP contribution is 2.25. The van der Waals surface area contributed by atoms with Crippen molar-refractivity contribution in [2.75, 3.05) is 19.3 Å². The van der Waals surface area contributed by atoms with Gasteiger partial charge in [-0.05, 0) is 13.0 Å². The summed E-state index contributed by atoms with van der Waals surface area (Å²) in [5, 5.41) is 10.7. The molecule has 0 aliphatic carbocycles. The molecule has 0 saturated carbocycles. The molecule has 0 saturated heterocycles. The van der Waals surface area contributed by atoms with Crippen LogP contribution in [0.3, 0.4) is 0 Å². The van der Waals surface area contributed by atoms with E-state index < -0.39 is 22.3 Å². The lowest BCUT2D eigenvalue weighted by Gasteiger charge is -2.14. The second kappa shape index (κ2) is 4.77. The quantitative estimate of drug-likeness (QED) is 0.492. The Morgan fingerprint density at radius 3 is 2.65 bits per heavy atom. The van der Waals surface area contributed by atoms with Crippen molar-refractivity contribution in [3.05, 3.63) is 33.6 Å². The minimum absolute atomic E-state index is 0.210. The monoisotopic (exact) mass is 241 g/mol. The van der Waals surface area contributed by atoms with E-state index in [1.165, 1.54) is 11.9 Å². The number of nitro benzene ring substituents is 1. The number of nitrogens with zero attached hydrogens (tertiary/aromatic N) is 2. The highest BCUT2D eigenvalue weighted by atomic mass is 19.1. The standard InChI is InChI=1S/C10H12FN3O3/c1-3-13(2)10(15)6-4-8(12)7(11)5-9(6)14(16)17/h4-5H,3,12H2,1-2H3. The van der Waals surface area contributed by atoms with Gasteiger partial charge in [-0.3, -0.25) is 14.9 Å². The molecule has 6 nitrogen and oxygen atoms in total. The molecule has 1 amide bonds. The number of nitro groups is 1. The first-order valence-corrected chi connectivity index (χ1v) is 4.87. The van der Waals surface area contributed by atoms with E-state index in [1.807, 2.05) is 0 Å². The number of hydrogen-bond donors (Lipinski definition) is 1. The summed E-state index contributed by atoms with van der Waals surface area (Å²) >= 11 is 0. The van der Waals surface area contributed by atoms with Gasteiger partial charge in [0.05, 0.1) is 16.7 Å². The van der Waals surface area contributed by atoms with Crippen molar-refractivity contribution in [3.8, 4) is 0 Å². The summed E-state index contributed by atoms with van der Waals surface area (Å²) in [7, 11) is 1.49. The Morgan fingerprint density at radius 2 is 2.18 bits per heavy atom. The van der Waals surface area contributed by atoms with E-state index in [0.717, 1.165) is 6.07 Å². The molecule has 0 radical (unpaired) electrons. The van der Waals surface area contributed by atoms with Crippen molar-refractivity contribution in [1.29, 1.82) is 0 Å². The van der Waals surface area contributed by atoms with E-state index in [2.05, 4.69) is 0 Å². The Hall–Kier alpha value is -2.18. The fraction of sp³-hybridized carbons (Fsp3) is 0.300. The zero-order chi connectivity index (χ0) is 13.2. The first kappa shape index (κ1) is 12.9. The molecule has 1 aromatic rings. The van der Waals surface area contributed by atoms with E-state index in [1.54, 1.807) is 6.92 Å². The SMILES string of the molecule is CCN(C)C(=O)c1cc(N)c(F)cc1[N+](=O)[O-]. The zero-order valence-corrected chi connectivity index (χ0v) is 9.44. The Balaban J connectivity index is 3.36. The smallest absolute Gasteiger partial charge is 0.285 e. The molecule has 2 N–H and O–H groups in total. The van der Waals surface area contributed by atoms with Crippen LogP contribution in [0, 0.1) is 15.9 Å². The van der Waals surface area contributed by atoms with Crippen LogP contribution in [-0.4, -0.2) is 29.3 Å². The van der Waals surface area contributed by atoms with Crippen LogP contribution in [0.15, 0.2) is 12.1 Å². The van der Waals surface area contributed by atoms with Crippen molar-refractivity contribution >= 4 is 17.3 Å². The molecule has 1 rings (SSSR count). The summed E-state index contributed by atoms with van der Waals surface area (Å²) in [6.07, 6.45) is 0. The molecule has 7 heteroatoms. The van der Waals surface area contributed by atoms with Gasteiger partial charge in [-0.15, -0.1) is 0 Å². The molecule has 17 heavy (non-hydrogen) atoms. The number of anilines is 1. The van der Waals surface area contributed by atoms with Gasteiger partial charge < -0.3 is 10.6 Å². The summed E-state index contributed by atoms with van der Waals surface area (Å²) < 4.78 is 13.1. The van der Waals surface area contributed by atoms with Gasteiger partial charge in [0.15, 0.2) is 5.82 Å². The topological polar surface area (TPSA) is 89.5 Å². The number of nitrogen functional groups attached to an aromatic ring is 1. The zero-order valence-electron chi connectivity index (χ0n) is 9.44. The highest BCUT2D eigenvalue weighted by molar-refractivity contribution is 5.98. The van der Waals surface area contributed by atoms with Crippen LogP contribution in [-0.2, 0) is 0 Å². The van der Waals surface area contributed by atoms with Crippen LogP contribution in [0.2, 0.25) is 0 Å². The van der Waals surface area contributed by atoms with Crippen LogP contribution in [0.25, 0.3) is 0 Å². The van der Waals surface area contributed by atoms with E-state index in [-0.39, 0.29) is 11.3 Å². The van der Waals surface area contributed by atoms with Gasteiger partial charge in [0.1, 0.15) is 5.56 Å². The van der Waals surface area contributed by atoms with Crippen LogP contribution in [0.1, 0.15) is 17.3 Å². The van der Waals surface area contributed by atoms with Gasteiger partial charge in [0.25, 0.3) is 11.6 Å². The molecule has 0 atom stereocenters. The molecule has 1 aromatic carbocycles. The lowest BCUT2D eigenvalue weighted by molar-refractivity contribution is -0.385. The van der Waals surface area contributed by atoms with Crippen molar-refractivity contribution in [3.63, 3.8) is 0 Å². The third-order valence-electron chi connectivity index (χ3n) is 2.36. The van der Waals surface area contributed by atoms with Gasteiger partial charge in [0, 0.05) is 13.6 Å². The summed E-state index contributed by atoms with van der Waals surface area (Å²) in [6.45, 7) is 2.10. The number of halogens is 1. The first-order valence-electron chi connectivity index (χ1n) is 4.87. The molecule has 0 fully saturated rings. The Kier molecular flexibility index (Phi) is 3.62. The molecule has 0 unspecified atom stereocenters. The number of carbonyl (C=O) groups excluding carboxylic acids is 1. The van der Waals surface area contributed by atoms with Gasteiger partial charge in [-0.1, -0.05) is 0 Å². The molecule has 0 heterocycles. The van der Waals surface area contributed by atoms with Crippen molar-refractivity contribution in [1.82, 2.24) is 4.90 Å². The molecule has 0 bridgehead atoms. The molecule has 0 aliphatic rings. The Morgan fingerprint density at radius 1 is 1.59 bits per heavy atom. The number of carbonyl (C=O) groups is 1. The van der Waals surface area contributed by atoms with E-state index in [9.17, 15) is 19.3 Å². The average Bonchev–Trinajstić information content (AvgIpc) is 2.29. The maximum atomic E-state index is 13.1. The predicted octanol–water partition coefficient (Wildman–Crippen LogP) is 1.41. The van der Waals surface area contributed by atoms with Gasteiger partial charge in [-0.25, -0.2) is 4.39 Å². The molecule has 0 spiro atoms. The fourth-order valence-electron chi connectivity index (χ4n) is 1.25. The molecule has 0 aliphatic heterocycles. The molecular formula is C10H12FN3O3. The highest BCUT2D eigenvalue weighted by Gasteiger charge is 2.24. The summed E-state index contributed by atoms with van der Waals surface area (Å²) in [6, 6.07) is 1.65. The first-order chi connectivity index (χ1) is 7.88. The average molecular weight is 241 g/mol. The third kappa shape index (κ3) is 2.49. The lowest BCUT2D eigenvalue weighted by atomic mass is 10.1. The maximum absolute atomic E-state index is 13.1. The van der Waals surface area contributed by atoms with E-state index in [4.69, 9.17) is 5.73 Å². The second-order valence-electron chi connectivity index (χ2n) is 3.47. The summed E-state index contributed by atoms with van der Waals surface area (Å²) in [5.41, 5.74) is 4.22. The normalized spacial score (nSPS) is 10.1. The second-order valence-corrected chi connectivity index (χ2v) is 3.47. The Bertz CT molecular complexity index is 476. The summed E-state index contributed by atoms with van der Waals surface area (Å²) in [5.74, 6) is -1.47. The maximum Gasteiger partial charge on any atom is 0.285 e. The number of rotatable bonds is 3. The van der Waals surface area contributed by atoms with Gasteiger partial charge in [0.2, 0.25) is 0 Å². The van der Waals surface area contributed by atoms with Gasteiger partial charge in [-0.2, -0.15) is 0 Å². The van der Waals surface area contributed by atoms with Crippen molar-refractivity contribution in [2.45, 2.75) is 6.92 Å². The minimum atomic E-state index is -0.910. The van der Waals surface area contributed by atoms with Crippen LogP contribution in [0.5, 0.6) is 0 Å². The summed E-state index contributed by atoms with van der Waals surface area (Å²) in [4.78, 5) is 23.0. The molecule has 0 aromatic heterocycles. The van der Waals surface area contributed by atoms with Crippen LogP contribution in [0.4, 0.5) is 15.8 Å². The van der Waals surface area contributed by atoms with Crippen molar-refractivity contribution in [2.24, 2.45) is 0 Å². The lowest BCUT2D eigenvalue weighted by Crippen LogP contribution is -2.27.